The topological polar surface area (TPSA) is 46.6 Å². The number of hydrogen-bond acceptors (Lipinski definition) is 3. The summed E-state index contributed by atoms with van der Waals surface area (Å²) in [5.41, 5.74) is 1.65. The number of carbonyl (C=O) groups excluding carboxylic acids is 2. The summed E-state index contributed by atoms with van der Waals surface area (Å²) >= 11 is 5.89. The molecule has 3 rings (SSSR count). The van der Waals surface area contributed by atoms with Gasteiger partial charge in [0, 0.05) is 17.6 Å². The van der Waals surface area contributed by atoms with Crippen LogP contribution in [0.2, 0.25) is 5.02 Å². The highest BCUT2D eigenvalue weighted by Gasteiger charge is 2.51. The third kappa shape index (κ3) is 2.57. The average molecular weight is 316 g/mol. The van der Waals surface area contributed by atoms with Crippen molar-refractivity contribution in [2.24, 2.45) is 0 Å². The first-order valence-electron chi connectivity index (χ1n) is 6.89. The van der Waals surface area contributed by atoms with E-state index in [1.807, 2.05) is 30.3 Å². The fourth-order valence-electron chi connectivity index (χ4n) is 2.62. The second kappa shape index (κ2) is 5.81. The number of β-lactam (4-membered cyclic amide) rings is 1. The Hall–Kier alpha value is -2.33. The maximum atomic E-state index is 12.4. The molecule has 0 aliphatic carbocycles. The zero-order valence-corrected chi connectivity index (χ0v) is 12.7. The van der Waals surface area contributed by atoms with Gasteiger partial charge in [-0.3, -0.25) is 14.5 Å². The number of ether oxygens (including phenoxy) is 1. The van der Waals surface area contributed by atoms with Crippen LogP contribution in [-0.2, 0) is 14.3 Å². The number of amides is 1. The van der Waals surface area contributed by atoms with Gasteiger partial charge in [0.2, 0.25) is 6.10 Å². The van der Waals surface area contributed by atoms with Gasteiger partial charge < -0.3 is 4.74 Å². The van der Waals surface area contributed by atoms with Crippen LogP contribution in [0.1, 0.15) is 18.5 Å². The second-order valence-corrected chi connectivity index (χ2v) is 5.51. The number of esters is 1. The molecule has 0 N–H and O–H groups in total. The van der Waals surface area contributed by atoms with Crippen molar-refractivity contribution in [1.82, 2.24) is 0 Å². The Kier molecular flexibility index (Phi) is 3.86. The van der Waals surface area contributed by atoms with Crippen LogP contribution in [0.5, 0.6) is 0 Å². The summed E-state index contributed by atoms with van der Waals surface area (Å²) < 4.78 is 5.18. The van der Waals surface area contributed by atoms with Crippen molar-refractivity contribution in [1.29, 1.82) is 0 Å². The molecule has 22 heavy (non-hydrogen) atoms. The van der Waals surface area contributed by atoms with Crippen LogP contribution in [0.4, 0.5) is 5.69 Å². The van der Waals surface area contributed by atoms with E-state index in [9.17, 15) is 9.59 Å². The second-order valence-electron chi connectivity index (χ2n) is 5.07. The first-order valence-corrected chi connectivity index (χ1v) is 7.26. The zero-order valence-electron chi connectivity index (χ0n) is 11.9. The Labute approximate surface area is 133 Å². The van der Waals surface area contributed by atoms with E-state index < -0.39 is 12.1 Å². The lowest BCUT2D eigenvalue weighted by atomic mass is 9.89. The smallest absolute Gasteiger partial charge is 0.303 e. The summed E-state index contributed by atoms with van der Waals surface area (Å²) in [7, 11) is 0. The SMILES string of the molecule is CC(=O)O[C@@H]1C(=O)N(c2ccc(Cl)cc2)[C@@H]1c1ccccc1. The summed E-state index contributed by atoms with van der Waals surface area (Å²) in [6.45, 7) is 1.31. The normalized spacial score (nSPS) is 20.5. The lowest BCUT2D eigenvalue weighted by Crippen LogP contribution is -2.60. The summed E-state index contributed by atoms with van der Waals surface area (Å²) in [4.78, 5) is 25.3. The fourth-order valence-corrected chi connectivity index (χ4v) is 2.75. The van der Waals surface area contributed by atoms with E-state index in [0.29, 0.717) is 5.02 Å². The summed E-state index contributed by atoms with van der Waals surface area (Å²) in [6, 6.07) is 16.2. The molecule has 112 valence electrons. The van der Waals surface area contributed by atoms with Crippen LogP contribution in [0.25, 0.3) is 0 Å². The predicted molar refractivity (Wildman–Crippen MR) is 83.7 cm³/mol. The van der Waals surface area contributed by atoms with Gasteiger partial charge in [-0.25, -0.2) is 0 Å². The third-order valence-corrected chi connectivity index (χ3v) is 3.84. The quantitative estimate of drug-likeness (QED) is 0.644. The summed E-state index contributed by atoms with van der Waals surface area (Å²) in [5, 5.41) is 0.601. The number of nitrogens with zero attached hydrogens (tertiary/aromatic N) is 1. The van der Waals surface area contributed by atoms with E-state index in [1.165, 1.54) is 6.92 Å². The molecule has 2 atom stereocenters. The molecule has 1 heterocycles. The molecule has 0 unspecified atom stereocenters. The van der Waals surface area contributed by atoms with Gasteiger partial charge in [-0.15, -0.1) is 0 Å². The lowest BCUT2D eigenvalue weighted by molar-refractivity contribution is -0.160. The van der Waals surface area contributed by atoms with Crippen molar-refractivity contribution in [2.45, 2.75) is 19.1 Å². The van der Waals surface area contributed by atoms with E-state index in [-0.39, 0.29) is 11.9 Å². The van der Waals surface area contributed by atoms with Gasteiger partial charge in [0.05, 0.1) is 0 Å². The Balaban J connectivity index is 1.96. The minimum absolute atomic E-state index is 0.230. The van der Waals surface area contributed by atoms with E-state index in [1.54, 1.807) is 29.2 Å². The molecule has 0 aromatic heterocycles. The van der Waals surface area contributed by atoms with Gasteiger partial charge in [0.1, 0.15) is 6.04 Å². The number of rotatable bonds is 3. The van der Waals surface area contributed by atoms with E-state index in [0.717, 1.165) is 11.3 Å². The van der Waals surface area contributed by atoms with Gasteiger partial charge in [-0.05, 0) is 29.8 Å². The molecule has 0 saturated carbocycles. The van der Waals surface area contributed by atoms with Crippen molar-refractivity contribution in [3.63, 3.8) is 0 Å². The zero-order chi connectivity index (χ0) is 15.7. The Morgan fingerprint density at radius 3 is 2.32 bits per heavy atom. The average Bonchev–Trinajstić information content (AvgIpc) is 2.52. The largest absolute Gasteiger partial charge is 0.450 e. The predicted octanol–water partition coefficient (Wildman–Crippen LogP) is 3.36. The highest BCUT2D eigenvalue weighted by Crippen LogP contribution is 2.41. The minimum Gasteiger partial charge on any atom is -0.450 e. The summed E-state index contributed by atoms with van der Waals surface area (Å²) in [6.07, 6.45) is -0.782. The monoisotopic (exact) mass is 315 g/mol. The fraction of sp³-hybridized carbons (Fsp3) is 0.176. The van der Waals surface area contributed by atoms with Gasteiger partial charge in [0.15, 0.2) is 0 Å². The van der Waals surface area contributed by atoms with Crippen molar-refractivity contribution >= 4 is 29.2 Å². The van der Waals surface area contributed by atoms with E-state index >= 15 is 0 Å². The Morgan fingerprint density at radius 1 is 1.09 bits per heavy atom. The molecule has 1 saturated heterocycles. The third-order valence-electron chi connectivity index (χ3n) is 3.58. The van der Waals surface area contributed by atoms with Crippen molar-refractivity contribution in [3.05, 3.63) is 65.2 Å². The van der Waals surface area contributed by atoms with Crippen LogP contribution >= 0.6 is 11.6 Å². The van der Waals surface area contributed by atoms with Crippen LogP contribution in [-0.4, -0.2) is 18.0 Å². The molecule has 0 bridgehead atoms. The molecular weight excluding hydrogens is 302 g/mol. The van der Waals surface area contributed by atoms with Crippen LogP contribution < -0.4 is 4.90 Å². The molecule has 1 aliphatic rings. The molecule has 1 amide bonds. The number of anilines is 1. The van der Waals surface area contributed by atoms with Crippen LogP contribution in [0.3, 0.4) is 0 Å². The Bertz CT molecular complexity index is 700. The molecular formula is C17H14ClNO3. The summed E-state index contributed by atoms with van der Waals surface area (Å²) in [5.74, 6) is -0.693. The van der Waals surface area contributed by atoms with Crippen molar-refractivity contribution in [2.75, 3.05) is 4.90 Å². The van der Waals surface area contributed by atoms with Crippen molar-refractivity contribution in [3.8, 4) is 0 Å². The van der Waals surface area contributed by atoms with Gasteiger partial charge in [-0.1, -0.05) is 41.9 Å². The van der Waals surface area contributed by atoms with Crippen LogP contribution in [0.15, 0.2) is 54.6 Å². The minimum atomic E-state index is -0.782. The number of carbonyl (C=O) groups is 2. The standard InChI is InChI=1S/C17H14ClNO3/c1-11(20)22-16-15(12-5-3-2-4-6-12)19(17(16)21)14-9-7-13(18)8-10-14/h2-10,15-16H,1H3/t15-,16+/m1/s1. The first kappa shape index (κ1) is 14.6. The molecule has 1 aliphatic heterocycles. The molecule has 5 heteroatoms. The van der Waals surface area contributed by atoms with E-state index in [4.69, 9.17) is 16.3 Å². The number of benzene rings is 2. The maximum Gasteiger partial charge on any atom is 0.303 e. The van der Waals surface area contributed by atoms with Crippen LogP contribution in [0, 0.1) is 0 Å². The highest BCUT2D eigenvalue weighted by atomic mass is 35.5. The highest BCUT2D eigenvalue weighted by molar-refractivity contribution is 6.30. The Morgan fingerprint density at radius 2 is 1.73 bits per heavy atom. The molecule has 0 radical (unpaired) electrons. The number of hydrogen-bond donors (Lipinski definition) is 0. The van der Waals surface area contributed by atoms with E-state index in [2.05, 4.69) is 0 Å². The van der Waals surface area contributed by atoms with Gasteiger partial charge in [-0.2, -0.15) is 0 Å². The van der Waals surface area contributed by atoms with Gasteiger partial charge >= 0.3 is 5.97 Å². The molecule has 0 spiro atoms. The number of halogens is 1. The lowest BCUT2D eigenvalue weighted by Gasteiger charge is -2.46. The van der Waals surface area contributed by atoms with Gasteiger partial charge in [0.25, 0.3) is 5.91 Å². The molecule has 2 aromatic carbocycles. The molecule has 4 nitrogen and oxygen atoms in total. The maximum absolute atomic E-state index is 12.4. The molecule has 1 fully saturated rings. The molecule has 2 aromatic rings. The first-order chi connectivity index (χ1) is 10.6. The van der Waals surface area contributed by atoms with Crippen molar-refractivity contribution < 1.29 is 14.3 Å².